The Morgan fingerprint density at radius 3 is 2.70 bits per heavy atom. The predicted molar refractivity (Wildman–Crippen MR) is 131 cm³/mol. The minimum Gasteiger partial charge on any atom is -0.493 e. The second-order valence-electron chi connectivity index (χ2n) is 7.53. The summed E-state index contributed by atoms with van der Waals surface area (Å²) >= 11 is 6.04. The van der Waals surface area contributed by atoms with E-state index in [0.29, 0.717) is 46.4 Å². The van der Waals surface area contributed by atoms with E-state index in [4.69, 9.17) is 21.1 Å². The Labute approximate surface area is 198 Å². The van der Waals surface area contributed by atoms with Gasteiger partial charge in [0.05, 0.1) is 31.2 Å². The molecule has 174 valence electrons. The molecule has 3 aromatic rings. The fourth-order valence-electron chi connectivity index (χ4n) is 3.35. The zero-order valence-corrected chi connectivity index (χ0v) is 19.8. The summed E-state index contributed by atoms with van der Waals surface area (Å²) in [4.78, 5) is 34.2. The zero-order chi connectivity index (χ0) is 23.8. The number of aromatic amines is 1. The molecule has 0 bridgehead atoms. The minimum atomic E-state index is -0.261. The second kappa shape index (κ2) is 11.5. The van der Waals surface area contributed by atoms with Crippen LogP contribution >= 0.6 is 11.6 Å². The molecule has 2 aromatic carbocycles. The van der Waals surface area contributed by atoms with E-state index in [9.17, 15) is 9.59 Å². The summed E-state index contributed by atoms with van der Waals surface area (Å²) in [5.74, 6) is 1.50. The molecule has 1 heterocycles. The van der Waals surface area contributed by atoms with E-state index in [1.807, 2.05) is 32.0 Å². The predicted octanol–water partition coefficient (Wildman–Crippen LogP) is 4.83. The van der Waals surface area contributed by atoms with Crippen LogP contribution in [0.5, 0.6) is 11.5 Å². The van der Waals surface area contributed by atoms with Crippen LogP contribution in [0.25, 0.3) is 17.0 Å². The van der Waals surface area contributed by atoms with Crippen LogP contribution in [0.3, 0.4) is 0 Å². The summed E-state index contributed by atoms with van der Waals surface area (Å²) < 4.78 is 11.1. The monoisotopic (exact) mass is 469 g/mol. The Balaban J connectivity index is 1.78. The van der Waals surface area contributed by atoms with Crippen molar-refractivity contribution < 1.29 is 14.3 Å². The molecule has 0 saturated carbocycles. The summed E-state index contributed by atoms with van der Waals surface area (Å²) in [5, 5.41) is 0.953. The number of H-pyrrole nitrogens is 1. The lowest BCUT2D eigenvalue weighted by Crippen LogP contribution is -2.31. The lowest BCUT2D eigenvalue weighted by molar-refractivity contribution is -0.126. The maximum Gasteiger partial charge on any atom is 0.258 e. The van der Waals surface area contributed by atoms with E-state index in [-0.39, 0.29) is 18.0 Å². The van der Waals surface area contributed by atoms with Gasteiger partial charge < -0.3 is 19.4 Å². The number of halogens is 1. The molecule has 0 fully saturated rings. The number of rotatable bonds is 10. The third kappa shape index (κ3) is 6.35. The van der Waals surface area contributed by atoms with Gasteiger partial charge in [0.2, 0.25) is 5.91 Å². The number of ether oxygens (including phenoxy) is 2. The van der Waals surface area contributed by atoms with Gasteiger partial charge in [0.1, 0.15) is 5.82 Å². The summed E-state index contributed by atoms with van der Waals surface area (Å²) in [6, 6.07) is 10.5. The Hall–Kier alpha value is -3.32. The number of carbonyl (C=O) groups is 1. The first kappa shape index (κ1) is 24.3. The van der Waals surface area contributed by atoms with Crippen LogP contribution in [-0.4, -0.2) is 41.0 Å². The third-order valence-corrected chi connectivity index (χ3v) is 5.17. The maximum atomic E-state index is 12.9. The molecule has 0 aliphatic rings. The Kier molecular flexibility index (Phi) is 8.49. The van der Waals surface area contributed by atoms with E-state index in [2.05, 4.69) is 9.97 Å². The second-order valence-corrected chi connectivity index (χ2v) is 7.96. The molecule has 1 N–H and O–H groups in total. The molecule has 0 radical (unpaired) electrons. The fraction of sp³-hybridized carbons (Fsp3) is 0.320. The molecule has 8 heteroatoms. The van der Waals surface area contributed by atoms with Crippen LogP contribution in [0, 0.1) is 0 Å². The van der Waals surface area contributed by atoms with Gasteiger partial charge in [0, 0.05) is 17.6 Å². The number of hydrogen-bond donors (Lipinski definition) is 1. The number of carbonyl (C=O) groups excluding carboxylic acids is 1. The first-order valence-corrected chi connectivity index (χ1v) is 11.3. The van der Waals surface area contributed by atoms with Crippen LogP contribution in [0.4, 0.5) is 0 Å². The van der Waals surface area contributed by atoms with Crippen LogP contribution < -0.4 is 15.0 Å². The first-order chi connectivity index (χ1) is 15.9. The summed E-state index contributed by atoms with van der Waals surface area (Å²) in [6.07, 6.45) is 4.90. The summed E-state index contributed by atoms with van der Waals surface area (Å²) in [6.45, 7) is 5.33. The summed E-state index contributed by atoms with van der Waals surface area (Å²) in [5.41, 5.74) is 1.05. The van der Waals surface area contributed by atoms with E-state index in [1.54, 1.807) is 36.3 Å². The van der Waals surface area contributed by atoms with Crippen molar-refractivity contribution in [2.75, 3.05) is 20.3 Å². The highest BCUT2D eigenvalue weighted by molar-refractivity contribution is 6.31. The van der Waals surface area contributed by atoms with Gasteiger partial charge in [0.25, 0.3) is 5.56 Å². The van der Waals surface area contributed by atoms with E-state index in [1.165, 1.54) is 6.08 Å². The largest absolute Gasteiger partial charge is 0.493 e. The number of aromatic nitrogens is 2. The van der Waals surface area contributed by atoms with Crippen molar-refractivity contribution in [3.63, 3.8) is 0 Å². The normalized spacial score (nSPS) is 11.2. The van der Waals surface area contributed by atoms with Crippen molar-refractivity contribution in [2.45, 2.75) is 33.2 Å². The number of hydrogen-bond acceptors (Lipinski definition) is 5. The number of fused-ring (bicyclic) bond motifs is 1. The lowest BCUT2D eigenvalue weighted by atomic mass is 10.2. The van der Waals surface area contributed by atoms with Crippen molar-refractivity contribution in [2.24, 2.45) is 0 Å². The van der Waals surface area contributed by atoms with Crippen LogP contribution in [0.1, 0.15) is 38.1 Å². The topological polar surface area (TPSA) is 84.5 Å². The average molecular weight is 470 g/mol. The van der Waals surface area contributed by atoms with Gasteiger partial charge in [-0.15, -0.1) is 0 Å². The molecule has 0 aliphatic heterocycles. The highest BCUT2D eigenvalue weighted by Gasteiger charge is 2.14. The van der Waals surface area contributed by atoms with E-state index in [0.717, 1.165) is 18.4 Å². The van der Waals surface area contributed by atoms with Crippen LogP contribution in [-0.2, 0) is 11.3 Å². The Morgan fingerprint density at radius 2 is 1.97 bits per heavy atom. The SMILES string of the molecule is CCCOc1ccc(/C=C/C(=O)N(CCC)Cc2nc3cc(Cl)ccc3c(=O)[nH]2)cc1OC. The van der Waals surface area contributed by atoms with Gasteiger partial charge in [-0.25, -0.2) is 4.98 Å². The van der Waals surface area contributed by atoms with Crippen molar-refractivity contribution in [3.8, 4) is 11.5 Å². The lowest BCUT2D eigenvalue weighted by Gasteiger charge is -2.20. The maximum absolute atomic E-state index is 12.9. The average Bonchev–Trinajstić information content (AvgIpc) is 2.80. The van der Waals surface area contributed by atoms with Crippen molar-refractivity contribution >= 4 is 34.5 Å². The minimum absolute atomic E-state index is 0.182. The molecule has 1 aromatic heterocycles. The first-order valence-electron chi connectivity index (χ1n) is 10.9. The van der Waals surface area contributed by atoms with Gasteiger partial charge in [-0.3, -0.25) is 9.59 Å². The molecular weight excluding hydrogens is 442 g/mol. The molecule has 3 rings (SSSR count). The van der Waals surface area contributed by atoms with Crippen LogP contribution in [0.15, 0.2) is 47.3 Å². The van der Waals surface area contributed by atoms with Gasteiger partial charge in [0.15, 0.2) is 11.5 Å². The van der Waals surface area contributed by atoms with E-state index < -0.39 is 0 Å². The molecule has 0 saturated heterocycles. The number of methoxy groups -OCH3 is 1. The number of nitrogens with one attached hydrogen (secondary N) is 1. The highest BCUT2D eigenvalue weighted by atomic mass is 35.5. The molecule has 33 heavy (non-hydrogen) atoms. The summed E-state index contributed by atoms with van der Waals surface area (Å²) in [7, 11) is 1.58. The van der Waals surface area contributed by atoms with Gasteiger partial charge in [-0.05, 0) is 54.8 Å². The number of amides is 1. The van der Waals surface area contributed by atoms with Gasteiger partial charge >= 0.3 is 0 Å². The number of nitrogens with zero attached hydrogens (tertiary/aromatic N) is 2. The quantitative estimate of drug-likeness (QED) is 0.430. The molecule has 0 spiro atoms. The molecule has 0 unspecified atom stereocenters. The highest BCUT2D eigenvalue weighted by Crippen LogP contribution is 2.28. The Bertz CT molecular complexity index is 1210. The van der Waals surface area contributed by atoms with Crippen molar-refractivity contribution in [1.82, 2.24) is 14.9 Å². The third-order valence-electron chi connectivity index (χ3n) is 4.93. The molecular formula is C25H28ClN3O4. The van der Waals surface area contributed by atoms with Crippen LogP contribution in [0.2, 0.25) is 5.02 Å². The fourth-order valence-corrected chi connectivity index (χ4v) is 3.51. The molecule has 1 amide bonds. The van der Waals surface area contributed by atoms with Gasteiger partial charge in [-0.1, -0.05) is 31.5 Å². The zero-order valence-electron chi connectivity index (χ0n) is 19.1. The van der Waals surface area contributed by atoms with Crippen molar-refractivity contribution in [1.29, 1.82) is 0 Å². The van der Waals surface area contributed by atoms with Crippen molar-refractivity contribution in [3.05, 3.63) is 69.2 Å². The molecule has 7 nitrogen and oxygen atoms in total. The standard InChI is InChI=1S/C25H28ClN3O4/c1-4-12-29(16-23-27-20-15-18(26)8-9-19(20)25(31)28-23)24(30)11-7-17-6-10-21(33-13-5-2)22(14-17)32-3/h6-11,14-15H,4-5,12-13,16H2,1-3H3,(H,27,28,31)/b11-7+. The smallest absolute Gasteiger partial charge is 0.258 e. The van der Waals surface area contributed by atoms with Gasteiger partial charge in [-0.2, -0.15) is 0 Å². The molecule has 0 aliphatic carbocycles. The Morgan fingerprint density at radius 1 is 1.15 bits per heavy atom. The van der Waals surface area contributed by atoms with E-state index >= 15 is 0 Å². The molecule has 0 atom stereocenters. The number of benzene rings is 2.